The van der Waals surface area contributed by atoms with Gasteiger partial charge in [-0.3, -0.25) is 19.7 Å². The molecule has 0 aliphatic carbocycles. The van der Waals surface area contributed by atoms with Crippen LogP contribution in [0.15, 0.2) is 12.1 Å². The predicted molar refractivity (Wildman–Crippen MR) is 60.3 cm³/mol. The Bertz CT molecular complexity index is 499. The molecule has 1 atom stereocenters. The second kappa shape index (κ2) is 4.78. The van der Waals surface area contributed by atoms with Gasteiger partial charge in [0.05, 0.1) is 0 Å². The van der Waals surface area contributed by atoms with Crippen molar-refractivity contribution in [2.24, 2.45) is 5.73 Å². The smallest absolute Gasteiger partial charge is 0.269 e. The molecule has 1 aromatic heterocycles. The molecule has 1 fully saturated rings. The Labute approximate surface area is 102 Å². The van der Waals surface area contributed by atoms with Gasteiger partial charge in [-0.25, -0.2) is 0 Å². The van der Waals surface area contributed by atoms with Gasteiger partial charge in [-0.1, -0.05) is 0 Å². The number of carbonyl (C=O) groups excluding carboxylic acids is 3. The summed E-state index contributed by atoms with van der Waals surface area (Å²) in [5.41, 5.74) is 5.07. The predicted octanol–water partition coefficient (Wildman–Crippen LogP) is -1.21. The van der Waals surface area contributed by atoms with Crippen LogP contribution in [0.1, 0.15) is 23.3 Å². The van der Waals surface area contributed by atoms with Crippen LogP contribution < -0.4 is 16.4 Å². The lowest BCUT2D eigenvalue weighted by molar-refractivity contribution is -0.133. The lowest BCUT2D eigenvalue weighted by atomic mass is 10.1. The van der Waals surface area contributed by atoms with Crippen LogP contribution in [0.25, 0.3) is 0 Å². The fraction of sp³-hybridized carbons (Fsp3) is 0.300. The maximum absolute atomic E-state index is 11.5. The molecular weight excluding hydrogens is 238 g/mol. The fourth-order valence-corrected chi connectivity index (χ4v) is 1.55. The molecule has 0 spiro atoms. The molecule has 8 heteroatoms. The van der Waals surface area contributed by atoms with Crippen molar-refractivity contribution in [2.45, 2.75) is 18.9 Å². The van der Waals surface area contributed by atoms with Crippen molar-refractivity contribution in [3.05, 3.63) is 17.8 Å². The monoisotopic (exact) mass is 249 g/mol. The lowest BCUT2D eigenvalue weighted by Crippen LogP contribution is -2.47. The van der Waals surface area contributed by atoms with E-state index in [1.54, 1.807) is 0 Å². The summed E-state index contributed by atoms with van der Waals surface area (Å²) >= 11 is 0. The molecular formula is C10H11N5O3. The largest absolute Gasteiger partial charge is 0.364 e. The molecule has 0 aromatic carbocycles. The number of amides is 3. The normalized spacial score (nSPS) is 19.2. The number of primary amides is 1. The highest BCUT2D eigenvalue weighted by Gasteiger charge is 2.26. The average molecular weight is 249 g/mol. The van der Waals surface area contributed by atoms with Crippen LogP contribution in [-0.4, -0.2) is 34.0 Å². The molecule has 1 aliphatic heterocycles. The zero-order valence-corrected chi connectivity index (χ0v) is 9.34. The highest BCUT2D eigenvalue weighted by Crippen LogP contribution is 2.10. The highest BCUT2D eigenvalue weighted by atomic mass is 16.2. The highest BCUT2D eigenvalue weighted by molar-refractivity contribution is 6.01. The summed E-state index contributed by atoms with van der Waals surface area (Å²) in [6.07, 6.45) is 0.667. The van der Waals surface area contributed by atoms with Crippen LogP contribution >= 0.6 is 0 Å². The summed E-state index contributed by atoms with van der Waals surface area (Å²) in [6.45, 7) is 0. The minimum Gasteiger partial charge on any atom is -0.364 e. The fourth-order valence-electron chi connectivity index (χ4n) is 1.55. The summed E-state index contributed by atoms with van der Waals surface area (Å²) < 4.78 is 0. The van der Waals surface area contributed by atoms with Gasteiger partial charge < -0.3 is 11.1 Å². The Hall–Kier alpha value is -2.51. The molecule has 1 unspecified atom stereocenters. The third kappa shape index (κ3) is 2.59. The molecule has 18 heavy (non-hydrogen) atoms. The van der Waals surface area contributed by atoms with E-state index in [2.05, 4.69) is 20.8 Å². The Morgan fingerprint density at radius 2 is 2.17 bits per heavy atom. The first-order chi connectivity index (χ1) is 8.56. The van der Waals surface area contributed by atoms with E-state index in [1.165, 1.54) is 12.1 Å². The van der Waals surface area contributed by atoms with Crippen molar-refractivity contribution in [3.8, 4) is 0 Å². The van der Waals surface area contributed by atoms with Gasteiger partial charge in [0.25, 0.3) is 5.91 Å². The van der Waals surface area contributed by atoms with E-state index in [0.29, 0.717) is 12.2 Å². The number of nitrogens with two attached hydrogens (primary N) is 1. The van der Waals surface area contributed by atoms with Crippen LogP contribution in [0, 0.1) is 0 Å². The number of piperidine rings is 1. The number of rotatable bonds is 3. The minimum atomic E-state index is -0.671. The third-order valence-corrected chi connectivity index (χ3v) is 2.48. The zero-order valence-electron chi connectivity index (χ0n) is 9.34. The molecule has 94 valence electrons. The van der Waals surface area contributed by atoms with Crippen LogP contribution in [0.3, 0.4) is 0 Å². The van der Waals surface area contributed by atoms with E-state index in [9.17, 15) is 14.4 Å². The number of hydrogen-bond acceptors (Lipinski definition) is 6. The molecule has 1 saturated heterocycles. The van der Waals surface area contributed by atoms with Crippen molar-refractivity contribution >= 4 is 23.5 Å². The first-order valence-corrected chi connectivity index (χ1v) is 5.30. The molecule has 4 N–H and O–H groups in total. The maximum Gasteiger partial charge on any atom is 0.269 e. The maximum atomic E-state index is 11.5. The van der Waals surface area contributed by atoms with E-state index < -0.39 is 17.9 Å². The zero-order chi connectivity index (χ0) is 13.1. The Morgan fingerprint density at radius 1 is 1.39 bits per heavy atom. The van der Waals surface area contributed by atoms with Crippen molar-refractivity contribution in [1.29, 1.82) is 0 Å². The van der Waals surface area contributed by atoms with Gasteiger partial charge in [0.2, 0.25) is 11.8 Å². The number of hydrogen-bond donors (Lipinski definition) is 3. The van der Waals surface area contributed by atoms with Crippen LogP contribution in [0.4, 0.5) is 5.82 Å². The third-order valence-electron chi connectivity index (χ3n) is 2.48. The van der Waals surface area contributed by atoms with Crippen molar-refractivity contribution in [3.63, 3.8) is 0 Å². The summed E-state index contributed by atoms with van der Waals surface area (Å²) in [7, 11) is 0. The second-order valence-corrected chi connectivity index (χ2v) is 3.82. The SMILES string of the molecule is NC(=O)c1ccc(NC2CCC(=O)NC2=O)nn1. The molecule has 2 rings (SSSR count). The van der Waals surface area contributed by atoms with E-state index >= 15 is 0 Å². The van der Waals surface area contributed by atoms with Gasteiger partial charge in [0.1, 0.15) is 11.9 Å². The van der Waals surface area contributed by atoms with Crippen molar-refractivity contribution in [1.82, 2.24) is 15.5 Å². The quantitative estimate of drug-likeness (QED) is 0.577. The molecule has 3 amide bonds. The Balaban J connectivity index is 2.03. The minimum absolute atomic E-state index is 0.0452. The van der Waals surface area contributed by atoms with Gasteiger partial charge in [-0.05, 0) is 18.6 Å². The van der Waals surface area contributed by atoms with Gasteiger partial charge in [-0.15, -0.1) is 10.2 Å². The van der Waals surface area contributed by atoms with Gasteiger partial charge in [0.15, 0.2) is 5.69 Å². The first kappa shape index (κ1) is 12.0. The molecule has 1 aromatic rings. The number of anilines is 1. The van der Waals surface area contributed by atoms with E-state index in [0.717, 1.165) is 0 Å². The van der Waals surface area contributed by atoms with Crippen LogP contribution in [0.2, 0.25) is 0 Å². The molecule has 0 saturated carbocycles. The number of nitrogens with zero attached hydrogens (tertiary/aromatic N) is 2. The van der Waals surface area contributed by atoms with Gasteiger partial charge >= 0.3 is 0 Å². The standard InChI is InChI=1S/C10H11N5O3/c11-9(17)5-1-3-7(15-14-5)12-6-2-4-8(16)13-10(6)18/h1,3,6H,2,4H2,(H2,11,17)(H,12,15)(H,13,16,18). The Kier molecular flexibility index (Phi) is 3.18. The number of nitrogens with one attached hydrogen (secondary N) is 2. The summed E-state index contributed by atoms with van der Waals surface area (Å²) in [5.74, 6) is -1.01. The summed E-state index contributed by atoms with van der Waals surface area (Å²) in [4.78, 5) is 33.2. The van der Waals surface area contributed by atoms with Crippen molar-refractivity contribution < 1.29 is 14.4 Å². The number of carbonyl (C=O) groups is 3. The number of imide groups is 1. The van der Waals surface area contributed by atoms with E-state index in [1.807, 2.05) is 0 Å². The molecule has 8 nitrogen and oxygen atoms in total. The molecule has 1 aliphatic rings. The van der Waals surface area contributed by atoms with E-state index in [-0.39, 0.29) is 18.0 Å². The van der Waals surface area contributed by atoms with Crippen LogP contribution in [-0.2, 0) is 9.59 Å². The van der Waals surface area contributed by atoms with E-state index in [4.69, 9.17) is 5.73 Å². The number of aromatic nitrogens is 2. The van der Waals surface area contributed by atoms with Crippen molar-refractivity contribution in [2.75, 3.05) is 5.32 Å². The topological polar surface area (TPSA) is 127 Å². The van der Waals surface area contributed by atoms with Crippen LogP contribution in [0.5, 0.6) is 0 Å². The molecule has 2 heterocycles. The van der Waals surface area contributed by atoms with Gasteiger partial charge in [0, 0.05) is 6.42 Å². The summed E-state index contributed by atoms with van der Waals surface area (Å²) in [6, 6.07) is 2.37. The lowest BCUT2D eigenvalue weighted by Gasteiger charge is -2.21. The average Bonchev–Trinajstić information content (AvgIpc) is 2.33. The first-order valence-electron chi connectivity index (χ1n) is 5.30. The molecule has 0 radical (unpaired) electrons. The second-order valence-electron chi connectivity index (χ2n) is 3.82. The molecule has 0 bridgehead atoms. The Morgan fingerprint density at radius 3 is 2.72 bits per heavy atom. The van der Waals surface area contributed by atoms with Gasteiger partial charge in [-0.2, -0.15) is 0 Å². The summed E-state index contributed by atoms with van der Waals surface area (Å²) in [5, 5.41) is 12.4.